The first-order valence-electron chi connectivity index (χ1n) is 5.22. The maximum absolute atomic E-state index is 11.7. The molecule has 2 atom stereocenters. The minimum Gasteiger partial charge on any atom is -0.460 e. The lowest BCUT2D eigenvalue weighted by Gasteiger charge is -2.19. The fraction of sp³-hybridized carbons (Fsp3) is 0.583. The second-order valence-electron chi connectivity index (χ2n) is 5.04. The van der Waals surface area contributed by atoms with Crippen molar-refractivity contribution in [1.29, 1.82) is 0 Å². The Hall–Kier alpha value is -0.830. The number of esters is 1. The maximum Gasteiger partial charge on any atom is 0.310 e. The van der Waals surface area contributed by atoms with Crippen LogP contribution in [0.2, 0.25) is 0 Å². The number of ether oxygens (including phenoxy) is 1. The van der Waals surface area contributed by atoms with Crippen LogP contribution in [0.15, 0.2) is 16.8 Å². The molecule has 1 aliphatic carbocycles. The molecule has 1 aromatic heterocycles. The van der Waals surface area contributed by atoms with Gasteiger partial charge < -0.3 is 4.74 Å². The predicted octanol–water partition coefficient (Wildman–Crippen LogP) is 3.19. The van der Waals surface area contributed by atoms with Gasteiger partial charge in [-0.05, 0) is 55.5 Å². The van der Waals surface area contributed by atoms with Gasteiger partial charge >= 0.3 is 5.97 Å². The van der Waals surface area contributed by atoms with Crippen molar-refractivity contribution in [3.05, 3.63) is 22.4 Å². The van der Waals surface area contributed by atoms with Crippen LogP contribution in [0.5, 0.6) is 0 Å². The van der Waals surface area contributed by atoms with E-state index in [0.29, 0.717) is 5.92 Å². The van der Waals surface area contributed by atoms with Crippen molar-refractivity contribution in [2.75, 3.05) is 0 Å². The van der Waals surface area contributed by atoms with Crippen LogP contribution in [-0.4, -0.2) is 11.6 Å². The highest BCUT2D eigenvalue weighted by Gasteiger charge is 2.46. The van der Waals surface area contributed by atoms with Crippen molar-refractivity contribution in [3.63, 3.8) is 0 Å². The first-order valence-corrected chi connectivity index (χ1v) is 6.16. The first kappa shape index (κ1) is 10.7. The fourth-order valence-electron chi connectivity index (χ4n) is 1.69. The number of rotatable bonds is 2. The summed E-state index contributed by atoms with van der Waals surface area (Å²) in [5, 5.41) is 4.18. The molecule has 1 heterocycles. The van der Waals surface area contributed by atoms with Crippen LogP contribution < -0.4 is 0 Å². The van der Waals surface area contributed by atoms with E-state index in [2.05, 4.69) is 16.8 Å². The van der Waals surface area contributed by atoms with E-state index in [9.17, 15) is 4.79 Å². The molecule has 0 N–H and O–H groups in total. The largest absolute Gasteiger partial charge is 0.460 e. The van der Waals surface area contributed by atoms with Crippen molar-refractivity contribution in [1.82, 2.24) is 0 Å². The van der Waals surface area contributed by atoms with Crippen LogP contribution in [-0.2, 0) is 9.53 Å². The van der Waals surface area contributed by atoms with Crippen molar-refractivity contribution in [2.24, 2.45) is 5.92 Å². The second-order valence-corrected chi connectivity index (χ2v) is 5.82. The van der Waals surface area contributed by atoms with E-state index in [-0.39, 0.29) is 17.5 Å². The quantitative estimate of drug-likeness (QED) is 0.721. The van der Waals surface area contributed by atoms with Crippen LogP contribution >= 0.6 is 11.3 Å². The van der Waals surface area contributed by atoms with Gasteiger partial charge in [-0.2, -0.15) is 11.3 Å². The lowest BCUT2D eigenvalue weighted by Crippen LogP contribution is -2.25. The van der Waals surface area contributed by atoms with Crippen molar-refractivity contribution >= 4 is 17.3 Å². The average Bonchev–Trinajstić information content (AvgIpc) is 2.71. The van der Waals surface area contributed by atoms with Gasteiger partial charge in [0.15, 0.2) is 0 Å². The number of thiophene rings is 1. The zero-order valence-electron chi connectivity index (χ0n) is 9.32. The zero-order valence-corrected chi connectivity index (χ0v) is 10.1. The van der Waals surface area contributed by atoms with E-state index in [1.165, 1.54) is 5.56 Å². The Bertz CT molecular complexity index is 348. The zero-order chi connectivity index (χ0) is 11.1. The number of hydrogen-bond donors (Lipinski definition) is 0. The summed E-state index contributed by atoms with van der Waals surface area (Å²) in [5.41, 5.74) is 0.926. The smallest absolute Gasteiger partial charge is 0.310 e. The minimum atomic E-state index is -0.362. The lowest BCUT2D eigenvalue weighted by atomic mass is 10.1. The number of hydrogen-bond acceptors (Lipinski definition) is 3. The summed E-state index contributed by atoms with van der Waals surface area (Å²) in [6.45, 7) is 5.73. The summed E-state index contributed by atoms with van der Waals surface area (Å²) in [6, 6.07) is 2.10. The summed E-state index contributed by atoms with van der Waals surface area (Å²) in [6.07, 6.45) is 0.950. The third-order valence-corrected chi connectivity index (χ3v) is 3.17. The summed E-state index contributed by atoms with van der Waals surface area (Å²) < 4.78 is 5.35. The van der Waals surface area contributed by atoms with Crippen LogP contribution in [0.4, 0.5) is 0 Å². The Morgan fingerprint density at radius 1 is 1.53 bits per heavy atom. The van der Waals surface area contributed by atoms with Gasteiger partial charge in [-0.15, -0.1) is 0 Å². The Morgan fingerprint density at radius 3 is 2.80 bits per heavy atom. The van der Waals surface area contributed by atoms with Gasteiger partial charge in [0.25, 0.3) is 0 Å². The molecule has 0 spiro atoms. The Kier molecular flexibility index (Phi) is 2.59. The molecule has 0 aromatic carbocycles. The maximum atomic E-state index is 11.7. The van der Waals surface area contributed by atoms with Gasteiger partial charge in [0.1, 0.15) is 5.60 Å². The molecule has 82 valence electrons. The molecule has 1 fully saturated rings. The SMILES string of the molecule is CC(C)(C)OC(=O)[C@@H]1C[C@H]1c1ccsc1. The van der Waals surface area contributed by atoms with Crippen LogP contribution in [0, 0.1) is 5.92 Å². The van der Waals surface area contributed by atoms with E-state index < -0.39 is 0 Å². The Balaban J connectivity index is 1.91. The molecule has 0 saturated heterocycles. The molecule has 0 radical (unpaired) electrons. The molecule has 2 nitrogen and oxygen atoms in total. The monoisotopic (exact) mass is 224 g/mol. The highest BCUT2D eigenvalue weighted by atomic mass is 32.1. The van der Waals surface area contributed by atoms with E-state index in [4.69, 9.17) is 4.74 Å². The Labute approximate surface area is 94.3 Å². The van der Waals surface area contributed by atoms with Gasteiger partial charge in [-0.25, -0.2) is 0 Å². The third kappa shape index (κ3) is 2.59. The highest BCUT2D eigenvalue weighted by molar-refractivity contribution is 7.08. The first-order chi connectivity index (χ1) is 6.97. The van der Waals surface area contributed by atoms with Crippen molar-refractivity contribution in [2.45, 2.75) is 38.7 Å². The van der Waals surface area contributed by atoms with E-state index in [1.807, 2.05) is 20.8 Å². The van der Waals surface area contributed by atoms with E-state index in [1.54, 1.807) is 11.3 Å². The molecular weight excluding hydrogens is 208 g/mol. The molecule has 0 amide bonds. The molecule has 1 aliphatic rings. The Morgan fingerprint density at radius 2 is 2.27 bits per heavy atom. The topological polar surface area (TPSA) is 26.3 Å². The molecule has 1 aromatic rings. The summed E-state index contributed by atoms with van der Waals surface area (Å²) >= 11 is 1.68. The number of carbonyl (C=O) groups excluding carboxylic acids is 1. The van der Waals surface area contributed by atoms with Crippen LogP contribution in [0.25, 0.3) is 0 Å². The molecule has 0 bridgehead atoms. The molecule has 1 saturated carbocycles. The summed E-state index contributed by atoms with van der Waals surface area (Å²) in [5.74, 6) is 0.462. The molecule has 0 unspecified atom stereocenters. The van der Waals surface area contributed by atoms with Crippen molar-refractivity contribution in [3.8, 4) is 0 Å². The fourth-order valence-corrected chi connectivity index (χ4v) is 2.41. The summed E-state index contributed by atoms with van der Waals surface area (Å²) in [7, 11) is 0. The second kappa shape index (κ2) is 3.63. The average molecular weight is 224 g/mol. The normalized spacial score (nSPS) is 25.0. The van der Waals surface area contributed by atoms with Crippen LogP contribution in [0.3, 0.4) is 0 Å². The van der Waals surface area contributed by atoms with Gasteiger partial charge in [0.2, 0.25) is 0 Å². The predicted molar refractivity (Wildman–Crippen MR) is 61.0 cm³/mol. The van der Waals surface area contributed by atoms with Gasteiger partial charge in [0.05, 0.1) is 5.92 Å². The molecule has 15 heavy (non-hydrogen) atoms. The molecule has 3 heteroatoms. The molecule has 2 rings (SSSR count). The number of carbonyl (C=O) groups is 1. The summed E-state index contributed by atoms with van der Waals surface area (Å²) in [4.78, 5) is 11.7. The van der Waals surface area contributed by atoms with Gasteiger partial charge in [0, 0.05) is 0 Å². The van der Waals surface area contributed by atoms with Crippen molar-refractivity contribution < 1.29 is 9.53 Å². The third-order valence-electron chi connectivity index (χ3n) is 2.47. The van der Waals surface area contributed by atoms with E-state index in [0.717, 1.165) is 6.42 Å². The van der Waals surface area contributed by atoms with Gasteiger partial charge in [-0.1, -0.05) is 0 Å². The van der Waals surface area contributed by atoms with Gasteiger partial charge in [-0.3, -0.25) is 4.79 Å². The van der Waals surface area contributed by atoms with E-state index >= 15 is 0 Å². The lowest BCUT2D eigenvalue weighted by molar-refractivity contribution is -0.156. The molecule has 0 aliphatic heterocycles. The highest BCUT2D eigenvalue weighted by Crippen LogP contribution is 2.49. The standard InChI is InChI=1S/C12H16O2S/c1-12(2,3)14-11(13)10-6-9(10)8-4-5-15-7-8/h4-5,7,9-10H,6H2,1-3H3/t9-,10+/m0/s1. The van der Waals surface area contributed by atoms with Crippen LogP contribution in [0.1, 0.15) is 38.7 Å². The molecular formula is C12H16O2S. The minimum absolute atomic E-state index is 0.0429.